The minimum Gasteiger partial charge on any atom is -0.423 e. The van der Waals surface area contributed by atoms with Crippen molar-refractivity contribution in [2.75, 3.05) is 0 Å². The molecular weight excluding hydrogens is 611 g/mol. The van der Waals surface area contributed by atoms with Crippen molar-refractivity contribution in [2.45, 2.75) is 70.4 Å². The first kappa shape index (κ1) is 34.7. The quantitative estimate of drug-likeness (QED) is 0.133. The summed E-state index contributed by atoms with van der Waals surface area (Å²) in [5, 5.41) is 0. The van der Waals surface area contributed by atoms with Gasteiger partial charge in [0.2, 0.25) is 0 Å². The highest BCUT2D eigenvalue weighted by Crippen LogP contribution is 2.46. The van der Waals surface area contributed by atoms with Crippen LogP contribution in [0.4, 0.5) is 57.1 Å². The first-order chi connectivity index (χ1) is 18.8. The number of carbonyl (C=O) groups is 2. The highest BCUT2D eigenvalue weighted by molar-refractivity contribution is 6.05. The Hall–Kier alpha value is -3.53. The van der Waals surface area contributed by atoms with Gasteiger partial charge in [-0.05, 0) is 55.7 Å². The van der Waals surface area contributed by atoms with E-state index in [2.05, 4.69) is 9.47 Å². The Morgan fingerprint density at radius 3 is 1.40 bits per heavy atom. The van der Waals surface area contributed by atoms with Gasteiger partial charge in [0.25, 0.3) is 0 Å². The van der Waals surface area contributed by atoms with Crippen LogP contribution >= 0.6 is 0 Å². The van der Waals surface area contributed by atoms with Crippen LogP contribution in [0.2, 0.25) is 0 Å². The van der Waals surface area contributed by atoms with Crippen LogP contribution in [-0.4, -0.2) is 17.6 Å². The first-order valence-corrected chi connectivity index (χ1v) is 11.6. The predicted octanol–water partition coefficient (Wildman–Crippen LogP) is 8.79. The lowest BCUT2D eigenvalue weighted by molar-refractivity contribution is -0.166. The Kier molecular flexibility index (Phi) is 9.60. The molecule has 0 radical (unpaired) electrons. The molecule has 0 bridgehead atoms. The lowest BCUT2D eigenvalue weighted by atomic mass is 9.98. The van der Waals surface area contributed by atoms with Crippen LogP contribution in [-0.2, 0) is 34.3 Å². The summed E-state index contributed by atoms with van der Waals surface area (Å²) in [6, 6.07) is -0.121. The van der Waals surface area contributed by atoms with Crippen molar-refractivity contribution in [3.8, 4) is 11.5 Å². The molecule has 0 N–H and O–H groups in total. The Morgan fingerprint density at radius 2 is 1.02 bits per heavy atom. The van der Waals surface area contributed by atoms with E-state index in [9.17, 15) is 62.3 Å². The summed E-state index contributed by atoms with van der Waals surface area (Å²) in [5.41, 5.74) is -14.4. The molecule has 42 heavy (non-hydrogen) atoms. The van der Waals surface area contributed by atoms with E-state index in [1.165, 1.54) is 6.92 Å². The van der Waals surface area contributed by atoms with Crippen molar-refractivity contribution in [1.29, 1.82) is 0 Å². The SMILES string of the molecule is CCCCC(F)(C(=O)Oc1c(C)cc(C(F)(F)F)cc1C(F)(F)F)C(=O)Oc1c(C(F)(F)F)cc(C)cc1C(F)(F)F. The van der Waals surface area contributed by atoms with Gasteiger partial charge in [-0.15, -0.1) is 0 Å². The highest BCUT2D eigenvalue weighted by atomic mass is 19.4. The van der Waals surface area contributed by atoms with Gasteiger partial charge in [-0.25, -0.2) is 14.0 Å². The van der Waals surface area contributed by atoms with Crippen LogP contribution in [0.3, 0.4) is 0 Å². The van der Waals surface area contributed by atoms with Gasteiger partial charge in [0.1, 0.15) is 5.75 Å². The molecular formula is C25H19F13O4. The van der Waals surface area contributed by atoms with Gasteiger partial charge in [0.15, 0.2) is 5.75 Å². The number of alkyl halides is 13. The average Bonchev–Trinajstić information content (AvgIpc) is 2.81. The van der Waals surface area contributed by atoms with E-state index in [0.717, 1.165) is 6.92 Å². The van der Waals surface area contributed by atoms with Crippen molar-refractivity contribution in [3.63, 3.8) is 0 Å². The van der Waals surface area contributed by atoms with Gasteiger partial charge in [0, 0.05) is 6.42 Å². The van der Waals surface area contributed by atoms with E-state index in [4.69, 9.17) is 0 Å². The fraction of sp³-hybridized carbons (Fsp3) is 0.440. The molecule has 1 unspecified atom stereocenters. The third-order valence-corrected chi connectivity index (χ3v) is 5.66. The van der Waals surface area contributed by atoms with Crippen LogP contribution in [0.25, 0.3) is 0 Å². The third kappa shape index (κ3) is 7.65. The molecule has 2 rings (SSSR count). The molecule has 0 saturated carbocycles. The maximum absolute atomic E-state index is 15.9. The normalized spacial score (nSPS) is 14.4. The number of aryl methyl sites for hydroxylation is 2. The number of hydrogen-bond acceptors (Lipinski definition) is 4. The molecule has 0 aliphatic heterocycles. The monoisotopic (exact) mass is 630 g/mol. The molecule has 0 amide bonds. The number of ether oxygens (including phenoxy) is 2. The molecule has 234 valence electrons. The third-order valence-electron chi connectivity index (χ3n) is 5.66. The summed E-state index contributed by atoms with van der Waals surface area (Å²) in [7, 11) is 0. The van der Waals surface area contributed by atoms with Crippen LogP contribution in [0.1, 0.15) is 59.6 Å². The van der Waals surface area contributed by atoms with Gasteiger partial charge in [-0.3, -0.25) is 0 Å². The predicted molar refractivity (Wildman–Crippen MR) is 117 cm³/mol. The Bertz CT molecular complexity index is 1300. The summed E-state index contributed by atoms with van der Waals surface area (Å²) >= 11 is 0. The van der Waals surface area contributed by atoms with Gasteiger partial charge in [-0.2, -0.15) is 52.7 Å². The topological polar surface area (TPSA) is 52.6 Å². The van der Waals surface area contributed by atoms with E-state index < -0.39 is 106 Å². The molecule has 2 aromatic rings. The van der Waals surface area contributed by atoms with Gasteiger partial charge in [0.05, 0.1) is 22.3 Å². The molecule has 0 spiro atoms. The molecule has 0 saturated heterocycles. The fourth-order valence-electron chi connectivity index (χ4n) is 3.64. The maximum atomic E-state index is 15.9. The Labute approximate surface area is 228 Å². The number of benzene rings is 2. The second kappa shape index (κ2) is 11.6. The lowest BCUT2D eigenvalue weighted by Gasteiger charge is -2.25. The number of unbranched alkanes of at least 4 members (excludes halogenated alkanes) is 1. The fourth-order valence-corrected chi connectivity index (χ4v) is 3.64. The number of hydrogen-bond donors (Lipinski definition) is 0. The van der Waals surface area contributed by atoms with E-state index in [1.807, 2.05) is 0 Å². The zero-order valence-corrected chi connectivity index (χ0v) is 21.5. The minimum atomic E-state index is -5.64. The van der Waals surface area contributed by atoms with Crippen molar-refractivity contribution in [3.05, 3.63) is 57.6 Å². The zero-order valence-electron chi connectivity index (χ0n) is 21.5. The molecule has 0 aliphatic rings. The van der Waals surface area contributed by atoms with E-state index in [1.54, 1.807) is 0 Å². The van der Waals surface area contributed by atoms with Crippen molar-refractivity contribution in [1.82, 2.24) is 0 Å². The number of esters is 2. The standard InChI is InChI=1S/C25H19F13O4/c1-4-5-6-21(26,19(39)41-17-12(3)9-13(22(27,28)29)10-16(17)25(36,37)38)20(40)42-18-14(23(30,31)32)7-11(2)8-15(18)24(33,34)35/h7-10H,4-6H2,1-3H3. The van der Waals surface area contributed by atoms with E-state index >= 15 is 4.39 Å². The van der Waals surface area contributed by atoms with Crippen LogP contribution in [0.15, 0.2) is 24.3 Å². The summed E-state index contributed by atoms with van der Waals surface area (Å²) in [6.45, 7) is 2.77. The van der Waals surface area contributed by atoms with Crippen molar-refractivity contribution in [2.24, 2.45) is 0 Å². The summed E-state index contributed by atoms with van der Waals surface area (Å²) in [5.74, 6) is -9.20. The van der Waals surface area contributed by atoms with Crippen molar-refractivity contribution < 1.29 is 76.1 Å². The lowest BCUT2D eigenvalue weighted by Crippen LogP contribution is -2.48. The van der Waals surface area contributed by atoms with E-state index in [-0.39, 0.29) is 24.6 Å². The largest absolute Gasteiger partial charge is 0.423 e. The summed E-state index contributed by atoms with van der Waals surface area (Å²) in [4.78, 5) is 25.5. The van der Waals surface area contributed by atoms with Gasteiger partial charge >= 0.3 is 42.3 Å². The molecule has 0 aromatic heterocycles. The number of rotatable bonds is 7. The molecule has 2 aromatic carbocycles. The molecule has 4 nitrogen and oxygen atoms in total. The molecule has 0 fully saturated rings. The first-order valence-electron chi connectivity index (χ1n) is 11.6. The highest BCUT2D eigenvalue weighted by Gasteiger charge is 2.53. The number of carbonyl (C=O) groups excluding carboxylic acids is 2. The second-order valence-electron chi connectivity index (χ2n) is 9.03. The summed E-state index contributed by atoms with van der Waals surface area (Å²) < 4.78 is 186. The summed E-state index contributed by atoms with van der Waals surface area (Å²) in [6.07, 6.45) is -24.1. The molecule has 0 heterocycles. The zero-order chi connectivity index (χ0) is 32.6. The van der Waals surface area contributed by atoms with E-state index in [0.29, 0.717) is 6.92 Å². The molecule has 0 aliphatic carbocycles. The Balaban J connectivity index is 2.69. The Morgan fingerprint density at radius 1 is 0.619 bits per heavy atom. The van der Waals surface area contributed by atoms with Crippen LogP contribution < -0.4 is 9.47 Å². The van der Waals surface area contributed by atoms with Crippen LogP contribution in [0, 0.1) is 13.8 Å². The number of halogens is 13. The molecule has 17 heteroatoms. The second-order valence-corrected chi connectivity index (χ2v) is 9.03. The van der Waals surface area contributed by atoms with Gasteiger partial charge in [-0.1, -0.05) is 13.3 Å². The smallest absolute Gasteiger partial charge is 0.420 e. The maximum Gasteiger partial charge on any atom is 0.420 e. The molecule has 1 atom stereocenters. The minimum absolute atomic E-state index is 0.0640. The van der Waals surface area contributed by atoms with Gasteiger partial charge < -0.3 is 9.47 Å². The van der Waals surface area contributed by atoms with Crippen molar-refractivity contribution >= 4 is 11.9 Å². The average molecular weight is 630 g/mol. The van der Waals surface area contributed by atoms with Crippen LogP contribution in [0.5, 0.6) is 11.5 Å².